The molecule has 96 valence electrons. The summed E-state index contributed by atoms with van der Waals surface area (Å²) < 4.78 is 13.6. The van der Waals surface area contributed by atoms with Gasteiger partial charge in [0.05, 0.1) is 5.51 Å². The number of nitrogens with zero attached hydrogens (tertiary/aromatic N) is 1. The van der Waals surface area contributed by atoms with Gasteiger partial charge in [0.2, 0.25) is 0 Å². The Morgan fingerprint density at radius 3 is 2.83 bits per heavy atom. The second-order valence-electron chi connectivity index (χ2n) is 4.39. The van der Waals surface area contributed by atoms with Crippen molar-refractivity contribution >= 4 is 11.3 Å². The van der Waals surface area contributed by atoms with Gasteiger partial charge in [0.25, 0.3) is 0 Å². The minimum atomic E-state index is -0.108. The molecule has 0 fully saturated rings. The monoisotopic (exact) mass is 264 g/mol. The number of thiazole rings is 1. The summed E-state index contributed by atoms with van der Waals surface area (Å²) >= 11 is 1.66. The van der Waals surface area contributed by atoms with Crippen LogP contribution in [0.4, 0.5) is 4.39 Å². The molecular weight excluding hydrogens is 247 g/mol. The second-order valence-corrected chi connectivity index (χ2v) is 5.36. The topological polar surface area (TPSA) is 24.9 Å². The zero-order valence-corrected chi connectivity index (χ0v) is 11.2. The third-order valence-electron chi connectivity index (χ3n) is 2.93. The van der Waals surface area contributed by atoms with Crippen molar-refractivity contribution in [2.45, 2.75) is 12.8 Å². The predicted octanol–water partition coefficient (Wildman–Crippen LogP) is 2.90. The molecule has 4 heteroatoms. The van der Waals surface area contributed by atoms with E-state index in [2.05, 4.69) is 10.3 Å². The van der Waals surface area contributed by atoms with E-state index in [0.717, 1.165) is 24.9 Å². The van der Waals surface area contributed by atoms with Crippen LogP contribution in [0, 0.1) is 11.7 Å². The lowest BCUT2D eigenvalue weighted by Gasteiger charge is -2.16. The average molecular weight is 264 g/mol. The van der Waals surface area contributed by atoms with E-state index in [1.807, 2.05) is 30.9 Å². The minimum Gasteiger partial charge on any atom is -0.319 e. The number of rotatable bonds is 6. The molecule has 1 aromatic heterocycles. The van der Waals surface area contributed by atoms with E-state index >= 15 is 0 Å². The Bertz CT molecular complexity index is 470. The smallest absolute Gasteiger partial charge is 0.126 e. The number of halogens is 1. The maximum absolute atomic E-state index is 13.6. The van der Waals surface area contributed by atoms with E-state index in [-0.39, 0.29) is 5.82 Å². The molecule has 0 aliphatic carbocycles. The highest BCUT2D eigenvalue weighted by molar-refractivity contribution is 7.09. The van der Waals surface area contributed by atoms with Crippen molar-refractivity contribution in [3.63, 3.8) is 0 Å². The van der Waals surface area contributed by atoms with E-state index in [4.69, 9.17) is 0 Å². The van der Waals surface area contributed by atoms with Crippen LogP contribution >= 0.6 is 11.3 Å². The van der Waals surface area contributed by atoms with Crippen LogP contribution < -0.4 is 5.32 Å². The molecule has 0 radical (unpaired) electrons. The van der Waals surface area contributed by atoms with Crippen LogP contribution in [0.1, 0.15) is 10.4 Å². The van der Waals surface area contributed by atoms with Gasteiger partial charge < -0.3 is 5.32 Å². The zero-order valence-electron chi connectivity index (χ0n) is 10.4. The van der Waals surface area contributed by atoms with Gasteiger partial charge in [-0.25, -0.2) is 4.39 Å². The predicted molar refractivity (Wildman–Crippen MR) is 73.3 cm³/mol. The summed E-state index contributed by atoms with van der Waals surface area (Å²) in [6.07, 6.45) is 3.60. The fraction of sp³-hybridized carbons (Fsp3) is 0.357. The van der Waals surface area contributed by atoms with Crippen molar-refractivity contribution in [3.05, 3.63) is 52.2 Å². The Morgan fingerprint density at radius 2 is 2.17 bits per heavy atom. The molecule has 0 aliphatic rings. The highest BCUT2D eigenvalue weighted by Gasteiger charge is 2.13. The van der Waals surface area contributed by atoms with E-state index in [0.29, 0.717) is 5.92 Å². The van der Waals surface area contributed by atoms with Crippen LogP contribution in [-0.4, -0.2) is 18.6 Å². The van der Waals surface area contributed by atoms with Crippen LogP contribution in [0.5, 0.6) is 0 Å². The first-order valence-corrected chi connectivity index (χ1v) is 6.93. The van der Waals surface area contributed by atoms with Gasteiger partial charge >= 0.3 is 0 Å². The van der Waals surface area contributed by atoms with E-state index in [1.54, 1.807) is 17.4 Å². The molecule has 2 rings (SSSR count). The fourth-order valence-electron chi connectivity index (χ4n) is 2.11. The summed E-state index contributed by atoms with van der Waals surface area (Å²) in [5.41, 5.74) is 2.64. The summed E-state index contributed by atoms with van der Waals surface area (Å²) in [5.74, 6) is 0.287. The molecule has 1 atom stereocenters. The third-order valence-corrected chi connectivity index (χ3v) is 3.73. The molecule has 0 aliphatic heterocycles. The summed E-state index contributed by atoms with van der Waals surface area (Å²) in [5, 5.41) is 3.18. The lowest BCUT2D eigenvalue weighted by molar-refractivity contribution is 0.482. The highest BCUT2D eigenvalue weighted by Crippen LogP contribution is 2.18. The number of aromatic nitrogens is 1. The van der Waals surface area contributed by atoms with E-state index in [1.165, 1.54) is 10.9 Å². The van der Waals surface area contributed by atoms with Crippen molar-refractivity contribution in [1.29, 1.82) is 0 Å². The largest absolute Gasteiger partial charge is 0.319 e. The van der Waals surface area contributed by atoms with Crippen molar-refractivity contribution < 1.29 is 4.39 Å². The lowest BCUT2D eigenvalue weighted by Crippen LogP contribution is -2.22. The van der Waals surface area contributed by atoms with E-state index < -0.39 is 0 Å². The van der Waals surface area contributed by atoms with Crippen molar-refractivity contribution in [2.75, 3.05) is 13.6 Å². The molecule has 2 nitrogen and oxygen atoms in total. The van der Waals surface area contributed by atoms with Gasteiger partial charge in [0.15, 0.2) is 0 Å². The molecule has 1 unspecified atom stereocenters. The van der Waals surface area contributed by atoms with Gasteiger partial charge in [0, 0.05) is 11.1 Å². The van der Waals surface area contributed by atoms with E-state index in [9.17, 15) is 4.39 Å². The Morgan fingerprint density at radius 1 is 1.33 bits per heavy atom. The molecule has 0 saturated heterocycles. The van der Waals surface area contributed by atoms with Crippen LogP contribution in [0.25, 0.3) is 0 Å². The minimum absolute atomic E-state index is 0.108. The number of hydrogen-bond acceptors (Lipinski definition) is 3. The van der Waals surface area contributed by atoms with Gasteiger partial charge in [0.1, 0.15) is 5.82 Å². The molecule has 18 heavy (non-hydrogen) atoms. The normalized spacial score (nSPS) is 12.6. The molecule has 0 spiro atoms. The Labute approximate surface area is 111 Å². The fourth-order valence-corrected chi connectivity index (χ4v) is 2.82. The molecule has 0 amide bonds. The van der Waals surface area contributed by atoms with Crippen LogP contribution in [0.2, 0.25) is 0 Å². The molecule has 0 bridgehead atoms. The number of hydrogen-bond donors (Lipinski definition) is 1. The van der Waals surface area contributed by atoms with Gasteiger partial charge in [-0.15, -0.1) is 11.3 Å². The number of nitrogens with one attached hydrogen (secondary N) is 1. The van der Waals surface area contributed by atoms with Crippen LogP contribution in [0.3, 0.4) is 0 Å². The van der Waals surface area contributed by atoms with Crippen molar-refractivity contribution in [1.82, 2.24) is 10.3 Å². The van der Waals surface area contributed by atoms with Crippen molar-refractivity contribution in [2.24, 2.45) is 5.92 Å². The Kier molecular flexibility index (Phi) is 4.84. The lowest BCUT2D eigenvalue weighted by atomic mass is 9.95. The van der Waals surface area contributed by atoms with Crippen molar-refractivity contribution in [3.8, 4) is 0 Å². The zero-order chi connectivity index (χ0) is 12.8. The Balaban J connectivity index is 2.04. The molecule has 0 saturated carbocycles. The molecule has 1 heterocycles. The van der Waals surface area contributed by atoms with Crippen LogP contribution in [0.15, 0.2) is 36.0 Å². The average Bonchev–Trinajstić information content (AvgIpc) is 2.85. The molecule has 1 aromatic carbocycles. The van der Waals surface area contributed by atoms with Gasteiger partial charge in [-0.1, -0.05) is 18.2 Å². The first-order valence-electron chi connectivity index (χ1n) is 6.05. The standard InChI is InChI=1S/C14H17FN2S/c1-16-8-11(7-13-9-17-10-18-13)6-12-4-2-3-5-14(12)15/h2-5,9-11,16H,6-8H2,1H3. The quantitative estimate of drug-likeness (QED) is 0.867. The molecule has 2 aromatic rings. The first-order chi connectivity index (χ1) is 8.79. The summed E-state index contributed by atoms with van der Waals surface area (Å²) in [7, 11) is 1.93. The second kappa shape index (κ2) is 6.61. The summed E-state index contributed by atoms with van der Waals surface area (Å²) in [6.45, 7) is 0.881. The van der Waals surface area contributed by atoms with Crippen LogP contribution in [-0.2, 0) is 12.8 Å². The molecular formula is C14H17FN2S. The van der Waals surface area contributed by atoms with Gasteiger partial charge in [-0.2, -0.15) is 0 Å². The first kappa shape index (κ1) is 13.2. The maximum Gasteiger partial charge on any atom is 0.126 e. The molecule has 1 N–H and O–H groups in total. The maximum atomic E-state index is 13.6. The summed E-state index contributed by atoms with van der Waals surface area (Å²) in [6, 6.07) is 7.01. The SMILES string of the molecule is CNCC(Cc1cncs1)Cc1ccccc1F. The summed E-state index contributed by atoms with van der Waals surface area (Å²) in [4.78, 5) is 5.34. The van der Waals surface area contributed by atoms with Gasteiger partial charge in [-0.3, -0.25) is 4.98 Å². The number of benzene rings is 1. The van der Waals surface area contributed by atoms with Gasteiger partial charge in [-0.05, 0) is 44.0 Å². The third kappa shape index (κ3) is 3.62. The highest BCUT2D eigenvalue weighted by atomic mass is 32.1. The Hall–Kier alpha value is -1.26.